The molecule has 2 aromatic rings. The van der Waals surface area contributed by atoms with E-state index in [2.05, 4.69) is 21.2 Å². The third-order valence-electron chi connectivity index (χ3n) is 3.31. The molecule has 0 spiro atoms. The first kappa shape index (κ1) is 17.7. The number of carbonyl (C=O) groups excluding carboxylic acids is 2. The van der Waals surface area contributed by atoms with Gasteiger partial charge in [-0.3, -0.25) is 9.59 Å². The second kappa shape index (κ2) is 8.84. The predicted molar refractivity (Wildman–Crippen MR) is 94.3 cm³/mol. The second-order valence-corrected chi connectivity index (χ2v) is 6.83. The molecule has 0 aliphatic rings. The van der Waals surface area contributed by atoms with Crippen LogP contribution in [0.3, 0.4) is 0 Å². The Morgan fingerprint density at radius 3 is 2.65 bits per heavy atom. The quantitative estimate of drug-likeness (QED) is 0.723. The van der Waals surface area contributed by atoms with Crippen molar-refractivity contribution in [3.8, 4) is 0 Å². The number of hydrogen-bond acceptors (Lipinski definition) is 4. The topological polar surface area (TPSA) is 55.4 Å². The zero-order valence-electron chi connectivity index (χ0n) is 12.8. The number of carbonyl (C=O) groups is 2. The fraction of sp³-hybridized carbons (Fsp3) is 0.294. The van der Waals surface area contributed by atoms with Gasteiger partial charge in [-0.05, 0) is 53.4 Å². The zero-order valence-corrected chi connectivity index (χ0v) is 15.2. The number of benzene rings is 1. The van der Waals surface area contributed by atoms with Crippen molar-refractivity contribution < 1.29 is 14.3 Å². The van der Waals surface area contributed by atoms with Crippen LogP contribution in [-0.4, -0.2) is 18.5 Å². The molecule has 23 heavy (non-hydrogen) atoms. The van der Waals surface area contributed by atoms with E-state index in [1.165, 1.54) is 0 Å². The van der Waals surface area contributed by atoms with E-state index in [0.717, 1.165) is 15.6 Å². The van der Waals surface area contributed by atoms with Crippen LogP contribution in [0.5, 0.6) is 0 Å². The number of amides is 1. The average Bonchev–Trinajstić information content (AvgIpc) is 3.05. The van der Waals surface area contributed by atoms with Gasteiger partial charge in [-0.25, -0.2) is 0 Å². The molecule has 0 radical (unpaired) electrons. The molecule has 1 atom stereocenters. The minimum absolute atomic E-state index is 0.139. The maximum Gasteiger partial charge on any atom is 0.306 e. The highest BCUT2D eigenvalue weighted by Gasteiger charge is 2.12. The third kappa shape index (κ3) is 6.15. The molecule has 122 valence electrons. The summed E-state index contributed by atoms with van der Waals surface area (Å²) in [5, 5.41) is 6.78. The van der Waals surface area contributed by atoms with E-state index < -0.39 is 0 Å². The molecule has 0 unspecified atom stereocenters. The highest BCUT2D eigenvalue weighted by molar-refractivity contribution is 9.10. The van der Waals surface area contributed by atoms with Gasteiger partial charge in [-0.15, -0.1) is 0 Å². The summed E-state index contributed by atoms with van der Waals surface area (Å²) >= 11 is 4.97. The van der Waals surface area contributed by atoms with Crippen LogP contribution >= 0.6 is 27.3 Å². The maximum absolute atomic E-state index is 11.8. The summed E-state index contributed by atoms with van der Waals surface area (Å²) in [6.45, 7) is 1.64. The van der Waals surface area contributed by atoms with Gasteiger partial charge >= 0.3 is 5.97 Å². The Bertz CT molecular complexity index is 640. The number of rotatable bonds is 7. The number of nitrogens with one attached hydrogen (secondary N) is 1. The molecule has 1 heterocycles. The number of esters is 1. The van der Waals surface area contributed by atoms with E-state index in [9.17, 15) is 9.59 Å². The summed E-state index contributed by atoms with van der Waals surface area (Å²) in [4.78, 5) is 23.5. The number of ether oxygens (including phenoxy) is 1. The molecule has 0 aliphatic heterocycles. The van der Waals surface area contributed by atoms with Crippen LogP contribution in [0.2, 0.25) is 0 Å². The van der Waals surface area contributed by atoms with Crippen LogP contribution < -0.4 is 5.32 Å². The predicted octanol–water partition coefficient (Wildman–Crippen LogP) is 3.86. The molecular weight excluding hydrogens is 378 g/mol. The minimum atomic E-state index is -0.359. The summed E-state index contributed by atoms with van der Waals surface area (Å²) in [5.41, 5.74) is 2.10. The van der Waals surface area contributed by atoms with Crippen molar-refractivity contribution in [1.82, 2.24) is 5.32 Å². The summed E-state index contributed by atoms with van der Waals surface area (Å²) in [5.74, 6) is -0.660. The summed E-state index contributed by atoms with van der Waals surface area (Å²) in [6, 6.07) is 9.54. The lowest BCUT2D eigenvalue weighted by atomic mass is 10.1. The van der Waals surface area contributed by atoms with Gasteiger partial charge in [-0.2, -0.15) is 11.3 Å². The van der Waals surface area contributed by atoms with E-state index in [1.807, 2.05) is 48.0 Å². The Balaban J connectivity index is 1.69. The first-order chi connectivity index (χ1) is 11.0. The Hall–Kier alpha value is -1.66. The molecule has 0 bridgehead atoms. The Labute approximate surface area is 148 Å². The van der Waals surface area contributed by atoms with Gasteiger partial charge < -0.3 is 10.1 Å². The lowest BCUT2D eigenvalue weighted by Crippen LogP contribution is -2.31. The van der Waals surface area contributed by atoms with Crippen molar-refractivity contribution in [3.63, 3.8) is 0 Å². The molecule has 1 aromatic heterocycles. The van der Waals surface area contributed by atoms with Crippen LogP contribution in [0.1, 0.15) is 30.5 Å². The number of hydrogen-bond donors (Lipinski definition) is 1. The highest BCUT2D eigenvalue weighted by atomic mass is 79.9. The first-order valence-corrected chi connectivity index (χ1v) is 8.99. The molecule has 1 N–H and O–H groups in total. The lowest BCUT2D eigenvalue weighted by Gasteiger charge is -2.14. The van der Waals surface area contributed by atoms with Gasteiger partial charge in [0, 0.05) is 10.9 Å². The van der Waals surface area contributed by atoms with Crippen molar-refractivity contribution in [2.75, 3.05) is 6.61 Å². The largest absolute Gasteiger partial charge is 0.456 e. The lowest BCUT2D eigenvalue weighted by molar-refractivity contribution is -0.148. The molecule has 1 aromatic carbocycles. The Morgan fingerprint density at radius 2 is 2.00 bits per heavy atom. The SMILES string of the molecule is C[C@@H](NC(=O)COC(=O)CCc1ccsc1)c1ccc(Br)cc1. The highest BCUT2D eigenvalue weighted by Crippen LogP contribution is 2.16. The zero-order chi connectivity index (χ0) is 16.7. The normalized spacial score (nSPS) is 11.7. The van der Waals surface area contributed by atoms with Crippen LogP contribution in [0, 0.1) is 0 Å². The molecule has 0 aliphatic carbocycles. The van der Waals surface area contributed by atoms with Gasteiger partial charge in [0.05, 0.1) is 6.04 Å². The first-order valence-electron chi connectivity index (χ1n) is 7.26. The van der Waals surface area contributed by atoms with E-state index in [-0.39, 0.29) is 30.9 Å². The van der Waals surface area contributed by atoms with Crippen molar-refractivity contribution >= 4 is 39.1 Å². The smallest absolute Gasteiger partial charge is 0.306 e. The molecule has 2 rings (SSSR count). The van der Waals surface area contributed by atoms with Crippen molar-refractivity contribution in [2.24, 2.45) is 0 Å². The average molecular weight is 396 g/mol. The van der Waals surface area contributed by atoms with Gasteiger partial charge in [0.15, 0.2) is 6.61 Å². The van der Waals surface area contributed by atoms with Gasteiger partial charge in [-0.1, -0.05) is 28.1 Å². The summed E-state index contributed by atoms with van der Waals surface area (Å²) in [7, 11) is 0. The molecule has 6 heteroatoms. The van der Waals surface area contributed by atoms with Gasteiger partial charge in [0.1, 0.15) is 0 Å². The van der Waals surface area contributed by atoms with E-state index >= 15 is 0 Å². The summed E-state index contributed by atoms with van der Waals surface area (Å²) in [6.07, 6.45) is 0.922. The molecule has 4 nitrogen and oxygen atoms in total. The minimum Gasteiger partial charge on any atom is -0.456 e. The van der Waals surface area contributed by atoms with E-state index in [1.54, 1.807) is 11.3 Å². The molecule has 1 amide bonds. The second-order valence-electron chi connectivity index (χ2n) is 5.13. The Kier molecular flexibility index (Phi) is 6.80. The standard InChI is InChI=1S/C17H18BrNO3S/c1-12(14-3-5-15(18)6-4-14)19-16(20)10-22-17(21)7-2-13-8-9-23-11-13/h3-6,8-9,11-12H,2,7,10H2,1H3,(H,19,20)/t12-/m1/s1. The van der Waals surface area contributed by atoms with E-state index in [4.69, 9.17) is 4.74 Å². The van der Waals surface area contributed by atoms with Crippen molar-refractivity contribution in [2.45, 2.75) is 25.8 Å². The number of halogens is 1. The van der Waals surface area contributed by atoms with Gasteiger partial charge in [0.2, 0.25) is 0 Å². The van der Waals surface area contributed by atoms with Crippen molar-refractivity contribution in [3.05, 3.63) is 56.7 Å². The molecule has 0 saturated carbocycles. The van der Waals surface area contributed by atoms with Crippen molar-refractivity contribution in [1.29, 1.82) is 0 Å². The molecule has 0 saturated heterocycles. The maximum atomic E-state index is 11.8. The molecule has 0 fully saturated rings. The number of aryl methyl sites for hydroxylation is 1. The van der Waals surface area contributed by atoms with Crippen LogP contribution in [0.4, 0.5) is 0 Å². The molecular formula is C17H18BrNO3S. The Morgan fingerprint density at radius 1 is 1.26 bits per heavy atom. The number of thiophene rings is 1. The van der Waals surface area contributed by atoms with Crippen LogP contribution in [0.25, 0.3) is 0 Å². The summed E-state index contributed by atoms with van der Waals surface area (Å²) < 4.78 is 5.99. The van der Waals surface area contributed by atoms with Crippen LogP contribution in [0.15, 0.2) is 45.6 Å². The fourth-order valence-electron chi connectivity index (χ4n) is 2.02. The van der Waals surface area contributed by atoms with Crippen LogP contribution in [-0.2, 0) is 20.7 Å². The monoisotopic (exact) mass is 395 g/mol. The fourth-order valence-corrected chi connectivity index (χ4v) is 2.98. The van der Waals surface area contributed by atoms with Gasteiger partial charge in [0.25, 0.3) is 5.91 Å². The third-order valence-corrected chi connectivity index (χ3v) is 4.57. The van der Waals surface area contributed by atoms with E-state index in [0.29, 0.717) is 6.42 Å².